The largest absolute Gasteiger partial charge is 0.425 e. The van der Waals surface area contributed by atoms with E-state index in [0.29, 0.717) is 11.5 Å². The fourth-order valence-corrected chi connectivity index (χ4v) is 5.19. The van der Waals surface area contributed by atoms with Crippen LogP contribution in [0.3, 0.4) is 0 Å². The Hall–Kier alpha value is -2.62. The molecule has 0 aromatic heterocycles. The van der Waals surface area contributed by atoms with Crippen molar-refractivity contribution in [1.29, 1.82) is 0 Å². The van der Waals surface area contributed by atoms with E-state index in [1.807, 2.05) is 0 Å². The Morgan fingerprint density at radius 2 is 0.806 bits per heavy atom. The average molecular weight is 491 g/mol. The lowest BCUT2D eigenvalue weighted by molar-refractivity contribution is -0.147. The van der Waals surface area contributed by atoms with Crippen molar-refractivity contribution in [2.45, 2.75) is 117 Å². The van der Waals surface area contributed by atoms with E-state index in [0.717, 1.165) is 33.4 Å². The number of hydrogen-bond donors (Lipinski definition) is 0. The summed E-state index contributed by atoms with van der Waals surface area (Å²) in [5.74, 6) is -1.20. The van der Waals surface area contributed by atoms with Gasteiger partial charge in [-0.2, -0.15) is 0 Å². The van der Waals surface area contributed by atoms with E-state index in [1.165, 1.54) is 0 Å². The van der Waals surface area contributed by atoms with Gasteiger partial charge < -0.3 is 9.47 Å². The molecule has 0 bridgehead atoms. The molecule has 2 unspecified atom stereocenters. The first-order chi connectivity index (χ1) is 16.2. The van der Waals surface area contributed by atoms with E-state index >= 15 is 0 Å². The van der Waals surface area contributed by atoms with Gasteiger partial charge in [-0.25, -0.2) is 0 Å². The first-order valence-electron chi connectivity index (χ1n) is 13.0. The Morgan fingerprint density at radius 3 is 1.06 bits per heavy atom. The first-order valence-corrected chi connectivity index (χ1v) is 13.0. The molecule has 2 heterocycles. The molecule has 2 aromatic rings. The second kappa shape index (κ2) is 7.94. The van der Waals surface area contributed by atoms with Gasteiger partial charge >= 0.3 is 11.9 Å². The van der Waals surface area contributed by atoms with Crippen molar-refractivity contribution >= 4 is 11.9 Å². The summed E-state index contributed by atoms with van der Waals surface area (Å²) in [6, 6.07) is 8.37. The Bertz CT molecular complexity index is 1150. The normalized spacial score (nSPS) is 20.2. The van der Waals surface area contributed by atoms with Crippen LogP contribution in [-0.4, -0.2) is 11.9 Å². The third kappa shape index (κ3) is 4.37. The van der Waals surface area contributed by atoms with Crippen molar-refractivity contribution in [3.8, 4) is 11.5 Å². The summed E-state index contributed by atoms with van der Waals surface area (Å²) in [5.41, 5.74) is 4.80. The maximum atomic E-state index is 13.8. The Balaban J connectivity index is 2.04. The molecule has 0 aliphatic carbocycles. The summed E-state index contributed by atoms with van der Waals surface area (Å²) >= 11 is 0. The minimum absolute atomic E-state index is 0.138. The molecule has 4 rings (SSSR count). The van der Waals surface area contributed by atoms with E-state index in [9.17, 15) is 9.59 Å². The molecule has 36 heavy (non-hydrogen) atoms. The van der Waals surface area contributed by atoms with Gasteiger partial charge in [-0.1, -0.05) is 107 Å². The van der Waals surface area contributed by atoms with Gasteiger partial charge in [0, 0.05) is 22.3 Å². The Morgan fingerprint density at radius 1 is 0.500 bits per heavy atom. The van der Waals surface area contributed by atoms with Crippen LogP contribution < -0.4 is 9.47 Å². The van der Waals surface area contributed by atoms with Crippen molar-refractivity contribution in [1.82, 2.24) is 0 Å². The maximum absolute atomic E-state index is 13.8. The molecule has 2 atom stereocenters. The summed E-state index contributed by atoms with van der Waals surface area (Å²) in [7, 11) is 0. The highest BCUT2D eigenvalue weighted by molar-refractivity contribution is 5.98. The van der Waals surface area contributed by atoms with Gasteiger partial charge in [0.15, 0.2) is 0 Å². The molecule has 2 aliphatic rings. The van der Waals surface area contributed by atoms with Gasteiger partial charge in [0.1, 0.15) is 23.3 Å². The molecule has 4 nitrogen and oxygen atoms in total. The zero-order valence-corrected chi connectivity index (χ0v) is 24.1. The number of fused-ring (bicyclic) bond motifs is 5. The molecule has 0 fully saturated rings. The standard InChI is InChI=1S/C32H42O4/c1-29(2,3)17-13-19-23-24(28(34)35-25(19)21(15-17)31(7,8)9)20-14-18(30(4,5)6)16-22(32(10,11)12)26(20)36-27(23)33/h13-16,23-24H,1-12H3. The molecule has 194 valence electrons. The number of carbonyl (C=O) groups is 2. The smallest absolute Gasteiger partial charge is 0.320 e. The lowest BCUT2D eigenvalue weighted by Gasteiger charge is -2.40. The van der Waals surface area contributed by atoms with E-state index in [2.05, 4.69) is 107 Å². The number of benzene rings is 2. The minimum Gasteiger partial charge on any atom is -0.425 e. The lowest BCUT2D eigenvalue weighted by Crippen LogP contribution is -2.41. The topological polar surface area (TPSA) is 52.6 Å². The van der Waals surface area contributed by atoms with Crippen LogP contribution in [0.15, 0.2) is 24.3 Å². The molecular formula is C32H42O4. The second-order valence-electron chi connectivity index (χ2n) is 14.7. The minimum atomic E-state index is -0.736. The van der Waals surface area contributed by atoms with Gasteiger partial charge in [-0.15, -0.1) is 0 Å². The molecule has 0 amide bonds. The van der Waals surface area contributed by atoms with Crippen molar-refractivity contribution in [2.24, 2.45) is 0 Å². The van der Waals surface area contributed by atoms with Gasteiger partial charge in [-0.05, 0) is 32.8 Å². The van der Waals surface area contributed by atoms with Crippen LogP contribution in [-0.2, 0) is 31.2 Å². The first kappa shape index (κ1) is 26.4. The summed E-state index contributed by atoms with van der Waals surface area (Å²) in [6.45, 7) is 25.6. The number of esters is 2. The van der Waals surface area contributed by atoms with Crippen molar-refractivity contribution in [3.63, 3.8) is 0 Å². The van der Waals surface area contributed by atoms with Gasteiger partial charge in [0.25, 0.3) is 0 Å². The number of hydrogen-bond acceptors (Lipinski definition) is 4. The number of carbonyl (C=O) groups excluding carboxylic acids is 2. The summed E-state index contributed by atoms with van der Waals surface area (Å²) in [6.07, 6.45) is 0. The molecule has 0 radical (unpaired) electrons. The van der Waals surface area contributed by atoms with Crippen LogP contribution in [0.4, 0.5) is 0 Å². The van der Waals surface area contributed by atoms with E-state index in [4.69, 9.17) is 9.47 Å². The molecular weight excluding hydrogens is 448 g/mol. The average Bonchev–Trinajstić information content (AvgIpc) is 2.69. The zero-order valence-electron chi connectivity index (χ0n) is 24.1. The third-order valence-electron chi connectivity index (χ3n) is 7.50. The zero-order chi connectivity index (χ0) is 27.2. The quantitative estimate of drug-likeness (QED) is 0.282. The van der Waals surface area contributed by atoms with Gasteiger partial charge in [0.2, 0.25) is 0 Å². The predicted octanol–water partition coefficient (Wildman–Crippen LogP) is 7.58. The van der Waals surface area contributed by atoms with Crippen LogP contribution in [0.25, 0.3) is 0 Å². The van der Waals surface area contributed by atoms with E-state index in [-0.39, 0.29) is 33.6 Å². The third-order valence-corrected chi connectivity index (χ3v) is 7.50. The fraction of sp³-hybridized carbons (Fsp3) is 0.562. The maximum Gasteiger partial charge on any atom is 0.320 e. The molecule has 2 aromatic carbocycles. The molecule has 4 heteroatoms. The molecule has 0 saturated heterocycles. The highest BCUT2D eigenvalue weighted by atomic mass is 16.6. The van der Waals surface area contributed by atoms with Crippen LogP contribution in [0.2, 0.25) is 0 Å². The summed E-state index contributed by atoms with van der Waals surface area (Å²) in [5, 5.41) is 0. The summed E-state index contributed by atoms with van der Waals surface area (Å²) < 4.78 is 12.3. The van der Waals surface area contributed by atoms with Crippen molar-refractivity contribution in [3.05, 3.63) is 57.6 Å². The highest BCUT2D eigenvalue weighted by Crippen LogP contribution is 2.54. The van der Waals surface area contributed by atoms with Crippen LogP contribution >= 0.6 is 0 Å². The summed E-state index contributed by atoms with van der Waals surface area (Å²) in [4.78, 5) is 27.5. The van der Waals surface area contributed by atoms with Crippen molar-refractivity contribution < 1.29 is 19.1 Å². The van der Waals surface area contributed by atoms with Crippen LogP contribution in [0, 0.1) is 0 Å². The monoisotopic (exact) mass is 490 g/mol. The number of ether oxygens (including phenoxy) is 2. The van der Waals surface area contributed by atoms with Crippen molar-refractivity contribution in [2.75, 3.05) is 0 Å². The Kier molecular flexibility index (Phi) is 5.83. The van der Waals surface area contributed by atoms with E-state index < -0.39 is 11.8 Å². The molecule has 2 aliphatic heterocycles. The molecule has 0 saturated carbocycles. The SMILES string of the molecule is CC(C)(C)c1cc2c(c(C(C)(C)C)c1)OC(=O)C1c3cc(C(C)(C)C)cc(C(C)(C)C)c3OC(=O)C21. The van der Waals surface area contributed by atoms with Crippen LogP contribution in [0.1, 0.15) is 128 Å². The Labute approximate surface area is 216 Å². The van der Waals surface area contributed by atoms with Gasteiger partial charge in [0.05, 0.1) is 0 Å². The highest BCUT2D eigenvalue weighted by Gasteiger charge is 2.51. The van der Waals surface area contributed by atoms with E-state index in [1.54, 1.807) is 0 Å². The number of rotatable bonds is 0. The van der Waals surface area contributed by atoms with Gasteiger partial charge in [-0.3, -0.25) is 9.59 Å². The molecule has 0 spiro atoms. The molecule has 0 N–H and O–H groups in total. The second-order valence-corrected chi connectivity index (χ2v) is 14.7. The predicted molar refractivity (Wildman–Crippen MR) is 144 cm³/mol. The fourth-order valence-electron chi connectivity index (χ4n) is 5.19. The van der Waals surface area contributed by atoms with Crippen LogP contribution in [0.5, 0.6) is 11.5 Å². The lowest BCUT2D eigenvalue weighted by atomic mass is 9.70.